The molecule has 1 spiro atoms. The van der Waals surface area contributed by atoms with Gasteiger partial charge in [0.25, 0.3) is 5.91 Å². The van der Waals surface area contributed by atoms with Crippen LogP contribution in [0.1, 0.15) is 60.3 Å². The Kier molecular flexibility index (Phi) is 5.56. The Morgan fingerprint density at radius 2 is 2.03 bits per heavy atom. The Hall–Kier alpha value is -3.35. The van der Waals surface area contributed by atoms with E-state index in [9.17, 15) is 9.59 Å². The van der Waals surface area contributed by atoms with Crippen LogP contribution in [0.15, 0.2) is 61.1 Å². The van der Waals surface area contributed by atoms with E-state index >= 15 is 0 Å². The van der Waals surface area contributed by atoms with Crippen LogP contribution in [0.2, 0.25) is 0 Å². The molecule has 0 bridgehead atoms. The highest BCUT2D eigenvalue weighted by Gasteiger charge is 2.57. The van der Waals surface area contributed by atoms with E-state index < -0.39 is 5.41 Å². The quantitative estimate of drug-likeness (QED) is 0.648. The van der Waals surface area contributed by atoms with Gasteiger partial charge in [-0.2, -0.15) is 5.10 Å². The standard InChI is InChI=1S/C26H31N5O2/c1-19(2)31-23(10-13-28-31)22-17-30(24(32)21-9-12-27-15-21)18-26(22)11-6-14-29(25(26)33)16-20-7-4-3-5-8-20/h3-5,7-10,12-13,15,19,22,27H,6,11,14,16-18H2,1-2H3/t22-,26+/m1/s1. The molecule has 172 valence electrons. The summed E-state index contributed by atoms with van der Waals surface area (Å²) in [7, 11) is 0. The van der Waals surface area contributed by atoms with Crippen LogP contribution in [0.3, 0.4) is 0 Å². The molecule has 33 heavy (non-hydrogen) atoms. The van der Waals surface area contributed by atoms with Crippen LogP contribution < -0.4 is 0 Å². The van der Waals surface area contributed by atoms with Gasteiger partial charge in [0.2, 0.25) is 5.91 Å². The summed E-state index contributed by atoms with van der Waals surface area (Å²) in [5, 5.41) is 4.55. The number of aromatic nitrogens is 3. The van der Waals surface area contributed by atoms with Gasteiger partial charge >= 0.3 is 0 Å². The predicted molar refractivity (Wildman–Crippen MR) is 126 cm³/mol. The Morgan fingerprint density at radius 3 is 2.76 bits per heavy atom. The van der Waals surface area contributed by atoms with Crippen molar-refractivity contribution in [1.82, 2.24) is 24.6 Å². The highest BCUT2D eigenvalue weighted by atomic mass is 16.2. The predicted octanol–water partition coefficient (Wildman–Crippen LogP) is 3.84. The summed E-state index contributed by atoms with van der Waals surface area (Å²) in [5.41, 5.74) is 2.17. The zero-order chi connectivity index (χ0) is 23.0. The number of piperidine rings is 1. The van der Waals surface area contributed by atoms with Crippen LogP contribution in [-0.2, 0) is 11.3 Å². The topological polar surface area (TPSA) is 74.2 Å². The van der Waals surface area contributed by atoms with Crippen molar-refractivity contribution in [2.45, 2.75) is 45.2 Å². The maximum Gasteiger partial charge on any atom is 0.255 e. The van der Waals surface area contributed by atoms with Gasteiger partial charge in [-0.25, -0.2) is 0 Å². The zero-order valence-corrected chi connectivity index (χ0v) is 19.3. The van der Waals surface area contributed by atoms with E-state index in [1.54, 1.807) is 18.5 Å². The van der Waals surface area contributed by atoms with Crippen LogP contribution in [0, 0.1) is 5.41 Å². The van der Waals surface area contributed by atoms with Crippen molar-refractivity contribution in [2.24, 2.45) is 5.41 Å². The van der Waals surface area contributed by atoms with Gasteiger partial charge in [0.15, 0.2) is 0 Å². The number of rotatable bonds is 5. The summed E-state index contributed by atoms with van der Waals surface area (Å²) >= 11 is 0. The van der Waals surface area contributed by atoms with Gasteiger partial charge in [-0.3, -0.25) is 14.3 Å². The number of H-pyrrole nitrogens is 1. The zero-order valence-electron chi connectivity index (χ0n) is 19.3. The molecule has 7 nitrogen and oxygen atoms in total. The number of amides is 2. The molecule has 1 N–H and O–H groups in total. The molecular formula is C26H31N5O2. The van der Waals surface area contributed by atoms with Gasteiger partial charge in [-0.05, 0) is 44.4 Å². The summed E-state index contributed by atoms with van der Waals surface area (Å²) in [5.74, 6) is 0.0431. The fourth-order valence-electron chi connectivity index (χ4n) is 5.65. The molecule has 2 saturated heterocycles. The summed E-state index contributed by atoms with van der Waals surface area (Å²) in [4.78, 5) is 34.3. The fraction of sp³-hybridized carbons (Fsp3) is 0.423. The summed E-state index contributed by atoms with van der Waals surface area (Å²) in [6.07, 6.45) is 7.01. The van der Waals surface area contributed by atoms with Crippen molar-refractivity contribution in [3.05, 3.63) is 77.9 Å². The van der Waals surface area contributed by atoms with E-state index in [2.05, 4.69) is 36.1 Å². The third-order valence-electron chi connectivity index (χ3n) is 7.20. The molecule has 0 unspecified atom stereocenters. The number of nitrogens with zero attached hydrogens (tertiary/aromatic N) is 4. The number of hydrogen-bond acceptors (Lipinski definition) is 3. The van der Waals surface area contributed by atoms with E-state index in [1.807, 2.05) is 44.9 Å². The molecule has 5 rings (SSSR count). The maximum absolute atomic E-state index is 14.1. The van der Waals surface area contributed by atoms with Crippen molar-refractivity contribution in [1.29, 1.82) is 0 Å². The number of likely N-dealkylation sites (tertiary alicyclic amines) is 2. The number of benzene rings is 1. The van der Waals surface area contributed by atoms with E-state index in [0.717, 1.165) is 30.6 Å². The number of carbonyl (C=O) groups excluding carboxylic acids is 2. The van der Waals surface area contributed by atoms with Crippen LogP contribution in [0.4, 0.5) is 0 Å². The molecule has 3 aromatic rings. The minimum absolute atomic E-state index is 0.0262. The Balaban J connectivity index is 1.52. The first-order chi connectivity index (χ1) is 16.0. The molecule has 2 aliphatic rings. The maximum atomic E-state index is 14.1. The third-order valence-corrected chi connectivity index (χ3v) is 7.20. The first kappa shape index (κ1) is 21.5. The second kappa shape index (κ2) is 8.54. The largest absolute Gasteiger partial charge is 0.367 e. The average Bonchev–Trinajstić information content (AvgIpc) is 3.57. The van der Waals surface area contributed by atoms with E-state index in [-0.39, 0.29) is 23.8 Å². The van der Waals surface area contributed by atoms with Crippen molar-refractivity contribution in [3.63, 3.8) is 0 Å². The lowest BCUT2D eigenvalue weighted by molar-refractivity contribution is -0.147. The molecule has 0 aliphatic carbocycles. The normalized spacial score (nSPS) is 23.1. The highest BCUT2D eigenvalue weighted by Crippen LogP contribution is 2.50. The second-order valence-electron chi connectivity index (χ2n) is 9.60. The van der Waals surface area contributed by atoms with Crippen molar-refractivity contribution >= 4 is 11.8 Å². The molecule has 7 heteroatoms. The Morgan fingerprint density at radius 1 is 1.21 bits per heavy atom. The van der Waals surface area contributed by atoms with Gasteiger partial charge < -0.3 is 14.8 Å². The number of carbonyl (C=O) groups is 2. The molecule has 1 aromatic carbocycles. The second-order valence-corrected chi connectivity index (χ2v) is 9.60. The SMILES string of the molecule is CC(C)n1nccc1[C@H]1CN(C(=O)c2cc[nH]c2)C[C@@]12CCCN(Cc1ccccc1)C2=O. The fourth-order valence-corrected chi connectivity index (χ4v) is 5.65. The van der Waals surface area contributed by atoms with Gasteiger partial charge in [0.1, 0.15) is 0 Å². The number of hydrogen-bond donors (Lipinski definition) is 1. The molecule has 0 radical (unpaired) electrons. The summed E-state index contributed by atoms with van der Waals surface area (Å²) in [6.45, 7) is 6.51. The van der Waals surface area contributed by atoms with E-state index in [0.29, 0.717) is 25.2 Å². The van der Waals surface area contributed by atoms with Gasteiger partial charge in [0, 0.05) is 62.4 Å². The molecule has 2 amide bonds. The van der Waals surface area contributed by atoms with Gasteiger partial charge in [-0.15, -0.1) is 0 Å². The lowest BCUT2D eigenvalue weighted by Gasteiger charge is -2.42. The molecule has 2 fully saturated rings. The first-order valence-corrected chi connectivity index (χ1v) is 11.8. The molecule has 2 aliphatic heterocycles. The lowest BCUT2D eigenvalue weighted by atomic mass is 9.70. The first-order valence-electron chi connectivity index (χ1n) is 11.8. The summed E-state index contributed by atoms with van der Waals surface area (Å²) in [6, 6.07) is 14.2. The molecular weight excluding hydrogens is 414 g/mol. The van der Waals surface area contributed by atoms with Crippen LogP contribution in [-0.4, -0.2) is 56.0 Å². The molecule has 2 aromatic heterocycles. The molecule has 0 saturated carbocycles. The highest BCUT2D eigenvalue weighted by molar-refractivity contribution is 5.95. The number of aromatic amines is 1. The lowest BCUT2D eigenvalue weighted by Crippen LogP contribution is -2.52. The van der Waals surface area contributed by atoms with Crippen molar-refractivity contribution in [3.8, 4) is 0 Å². The smallest absolute Gasteiger partial charge is 0.255 e. The summed E-state index contributed by atoms with van der Waals surface area (Å²) < 4.78 is 2.01. The van der Waals surface area contributed by atoms with Crippen molar-refractivity contribution in [2.75, 3.05) is 19.6 Å². The third kappa shape index (κ3) is 3.75. The van der Waals surface area contributed by atoms with Gasteiger partial charge in [-0.1, -0.05) is 30.3 Å². The van der Waals surface area contributed by atoms with Crippen LogP contribution in [0.5, 0.6) is 0 Å². The van der Waals surface area contributed by atoms with Crippen LogP contribution in [0.25, 0.3) is 0 Å². The Bertz CT molecular complexity index is 1120. The minimum atomic E-state index is -0.633. The Labute approximate surface area is 194 Å². The van der Waals surface area contributed by atoms with E-state index in [4.69, 9.17) is 0 Å². The monoisotopic (exact) mass is 445 g/mol. The van der Waals surface area contributed by atoms with Crippen LogP contribution >= 0.6 is 0 Å². The molecule has 4 heterocycles. The van der Waals surface area contributed by atoms with Gasteiger partial charge in [0.05, 0.1) is 11.0 Å². The van der Waals surface area contributed by atoms with Crippen molar-refractivity contribution < 1.29 is 9.59 Å². The molecule has 2 atom stereocenters. The average molecular weight is 446 g/mol. The number of nitrogens with one attached hydrogen (secondary N) is 1. The van der Waals surface area contributed by atoms with E-state index in [1.165, 1.54) is 0 Å². The minimum Gasteiger partial charge on any atom is -0.367 e.